The zero-order valence-corrected chi connectivity index (χ0v) is 17.2. The Bertz CT molecular complexity index is 775. The van der Waals surface area contributed by atoms with Crippen LogP contribution in [0.4, 0.5) is 0 Å². The Kier molecular flexibility index (Phi) is 7.59. The summed E-state index contributed by atoms with van der Waals surface area (Å²) in [5, 5.41) is 9.14. The molecule has 2 aromatic rings. The topological polar surface area (TPSA) is 75.5 Å². The first-order valence-electron chi connectivity index (χ1n) is 9.70. The van der Waals surface area contributed by atoms with E-state index in [0.717, 1.165) is 31.4 Å². The molecular formula is C20H27N3O4S. The van der Waals surface area contributed by atoms with Crippen molar-refractivity contribution in [3.63, 3.8) is 0 Å². The summed E-state index contributed by atoms with van der Waals surface area (Å²) in [6.07, 6.45) is 5.57. The van der Waals surface area contributed by atoms with Gasteiger partial charge in [0.2, 0.25) is 0 Å². The number of hydrogen-bond donors (Lipinski definition) is 0. The Morgan fingerprint density at radius 3 is 2.75 bits per heavy atom. The van der Waals surface area contributed by atoms with Gasteiger partial charge in [-0.15, -0.1) is 10.2 Å². The van der Waals surface area contributed by atoms with E-state index < -0.39 is 0 Å². The third-order valence-corrected chi connectivity index (χ3v) is 5.63. The molecule has 0 spiro atoms. The Balaban J connectivity index is 1.53. The first-order valence-corrected chi connectivity index (χ1v) is 10.7. The van der Waals surface area contributed by atoms with Crippen molar-refractivity contribution in [1.82, 2.24) is 14.8 Å². The normalized spacial score (nSPS) is 14.6. The summed E-state index contributed by atoms with van der Waals surface area (Å²) in [5.41, 5.74) is 0. The van der Waals surface area contributed by atoms with Crippen molar-refractivity contribution in [2.45, 2.75) is 63.4 Å². The van der Waals surface area contributed by atoms with E-state index in [9.17, 15) is 4.79 Å². The molecule has 28 heavy (non-hydrogen) atoms. The molecule has 1 aliphatic rings. The van der Waals surface area contributed by atoms with Gasteiger partial charge in [0.05, 0.1) is 12.9 Å². The summed E-state index contributed by atoms with van der Waals surface area (Å²) in [6.45, 7) is 3.01. The van der Waals surface area contributed by atoms with E-state index in [4.69, 9.17) is 14.2 Å². The molecule has 8 heteroatoms. The molecule has 1 aromatic heterocycles. The van der Waals surface area contributed by atoms with Crippen LogP contribution in [0, 0.1) is 0 Å². The van der Waals surface area contributed by atoms with Crippen LogP contribution in [0.1, 0.15) is 44.9 Å². The van der Waals surface area contributed by atoms with Gasteiger partial charge in [-0.2, -0.15) is 0 Å². The molecule has 1 aromatic carbocycles. The average molecular weight is 406 g/mol. The molecule has 0 unspecified atom stereocenters. The molecule has 0 N–H and O–H groups in total. The van der Waals surface area contributed by atoms with E-state index in [-0.39, 0.29) is 17.8 Å². The van der Waals surface area contributed by atoms with Crippen molar-refractivity contribution in [2.75, 3.05) is 12.9 Å². The summed E-state index contributed by atoms with van der Waals surface area (Å²) < 4.78 is 18.5. The number of nitrogens with zero attached hydrogens (tertiary/aromatic N) is 3. The van der Waals surface area contributed by atoms with Crippen LogP contribution in [0.15, 0.2) is 29.4 Å². The molecule has 0 aliphatic heterocycles. The smallest absolute Gasteiger partial charge is 0.316 e. The highest BCUT2D eigenvalue weighted by atomic mass is 32.2. The highest BCUT2D eigenvalue weighted by Gasteiger charge is 2.19. The van der Waals surface area contributed by atoms with Crippen molar-refractivity contribution < 1.29 is 19.0 Å². The van der Waals surface area contributed by atoms with Crippen LogP contribution in [0.3, 0.4) is 0 Å². The van der Waals surface area contributed by atoms with E-state index in [1.807, 2.05) is 35.8 Å². The van der Waals surface area contributed by atoms with Gasteiger partial charge in [-0.3, -0.25) is 4.79 Å². The fourth-order valence-electron chi connectivity index (χ4n) is 3.22. The van der Waals surface area contributed by atoms with E-state index >= 15 is 0 Å². The van der Waals surface area contributed by atoms with Crippen LogP contribution in [-0.4, -0.2) is 39.7 Å². The van der Waals surface area contributed by atoms with E-state index in [2.05, 4.69) is 10.2 Å². The molecule has 7 nitrogen and oxygen atoms in total. The number of rotatable bonds is 9. The Morgan fingerprint density at radius 1 is 1.21 bits per heavy atom. The van der Waals surface area contributed by atoms with Crippen LogP contribution < -0.4 is 9.47 Å². The van der Waals surface area contributed by atoms with E-state index in [0.29, 0.717) is 29.9 Å². The number of hydrogen-bond acceptors (Lipinski definition) is 7. The number of benzene rings is 1. The van der Waals surface area contributed by atoms with Crippen LogP contribution in [0.5, 0.6) is 11.5 Å². The lowest BCUT2D eigenvalue weighted by Crippen LogP contribution is -2.22. The van der Waals surface area contributed by atoms with Crippen molar-refractivity contribution in [3.05, 3.63) is 30.1 Å². The average Bonchev–Trinajstić information content (AvgIpc) is 3.13. The van der Waals surface area contributed by atoms with Crippen molar-refractivity contribution >= 4 is 17.7 Å². The predicted octanol–water partition coefficient (Wildman–Crippen LogP) is 3.85. The molecule has 0 saturated heterocycles. The Hall–Kier alpha value is -2.22. The summed E-state index contributed by atoms with van der Waals surface area (Å²) in [7, 11) is 1.62. The first kappa shape index (κ1) is 20.5. The highest BCUT2D eigenvalue weighted by molar-refractivity contribution is 7.99. The summed E-state index contributed by atoms with van der Waals surface area (Å²) in [4.78, 5) is 12.1. The summed E-state index contributed by atoms with van der Waals surface area (Å²) >= 11 is 1.36. The van der Waals surface area contributed by atoms with Gasteiger partial charge in [0, 0.05) is 12.6 Å². The fraction of sp³-hybridized carbons (Fsp3) is 0.550. The van der Waals surface area contributed by atoms with Crippen molar-refractivity contribution in [2.24, 2.45) is 0 Å². The minimum absolute atomic E-state index is 0.0812. The van der Waals surface area contributed by atoms with Crippen LogP contribution in [0.25, 0.3) is 0 Å². The molecule has 1 fully saturated rings. The molecule has 3 rings (SSSR count). The van der Waals surface area contributed by atoms with Gasteiger partial charge in [-0.05, 0) is 44.7 Å². The molecule has 1 aliphatic carbocycles. The molecule has 0 atom stereocenters. The minimum Gasteiger partial charge on any atom is -0.497 e. The number of carbonyl (C=O) groups excluding carboxylic acids is 1. The second kappa shape index (κ2) is 10.4. The number of aromatic nitrogens is 3. The first-order chi connectivity index (χ1) is 13.7. The molecule has 1 heterocycles. The number of esters is 1. The van der Waals surface area contributed by atoms with Gasteiger partial charge in [0.1, 0.15) is 24.2 Å². The number of carbonyl (C=O) groups is 1. The summed E-state index contributed by atoms with van der Waals surface area (Å²) in [5.74, 6) is 2.22. The second-order valence-electron chi connectivity index (χ2n) is 6.65. The fourth-order valence-corrected chi connectivity index (χ4v) is 4.02. The monoisotopic (exact) mass is 405 g/mol. The molecule has 1 saturated carbocycles. The minimum atomic E-state index is -0.184. The second-order valence-corrected chi connectivity index (χ2v) is 7.59. The maximum absolute atomic E-state index is 12.1. The van der Waals surface area contributed by atoms with Crippen LogP contribution in [0.2, 0.25) is 0 Å². The molecule has 152 valence electrons. The molecule has 0 bridgehead atoms. The maximum Gasteiger partial charge on any atom is 0.316 e. The van der Waals surface area contributed by atoms with E-state index in [1.165, 1.54) is 18.2 Å². The predicted molar refractivity (Wildman–Crippen MR) is 107 cm³/mol. The number of methoxy groups -OCH3 is 1. The molecule has 0 radical (unpaired) electrons. The van der Waals surface area contributed by atoms with Gasteiger partial charge in [-0.25, -0.2) is 0 Å². The van der Waals surface area contributed by atoms with Gasteiger partial charge >= 0.3 is 5.97 Å². The molecule has 0 amide bonds. The Labute approximate surface area is 169 Å². The van der Waals surface area contributed by atoms with Gasteiger partial charge < -0.3 is 18.8 Å². The van der Waals surface area contributed by atoms with Gasteiger partial charge in [-0.1, -0.05) is 24.2 Å². The lowest BCUT2D eigenvalue weighted by Gasteiger charge is -2.21. The maximum atomic E-state index is 12.1. The van der Waals surface area contributed by atoms with Crippen LogP contribution in [-0.2, 0) is 22.7 Å². The number of ether oxygens (including phenoxy) is 3. The third-order valence-electron chi connectivity index (χ3n) is 4.69. The zero-order chi connectivity index (χ0) is 19.8. The lowest BCUT2D eigenvalue weighted by molar-refractivity contribution is -0.147. The van der Waals surface area contributed by atoms with Crippen molar-refractivity contribution in [3.8, 4) is 11.5 Å². The lowest BCUT2D eigenvalue weighted by atomic mass is 9.98. The highest BCUT2D eigenvalue weighted by Crippen LogP contribution is 2.23. The van der Waals surface area contributed by atoms with Crippen LogP contribution >= 0.6 is 11.8 Å². The van der Waals surface area contributed by atoms with Gasteiger partial charge in [0.25, 0.3) is 0 Å². The van der Waals surface area contributed by atoms with Gasteiger partial charge in [0.15, 0.2) is 11.0 Å². The SMILES string of the molecule is CCn1c(COc2cccc(OC)c2)nnc1SCC(=O)OC1CCCCC1. The standard InChI is InChI=1S/C20H27N3O4S/c1-3-23-18(13-26-17-11-7-10-16(12-17)25-2)21-22-20(23)28-14-19(24)27-15-8-5-4-6-9-15/h7,10-12,15H,3-6,8-9,13-14H2,1-2H3. The Morgan fingerprint density at radius 2 is 2.00 bits per heavy atom. The third kappa shape index (κ3) is 5.64. The quantitative estimate of drug-likeness (QED) is 0.463. The zero-order valence-electron chi connectivity index (χ0n) is 16.4. The summed E-state index contributed by atoms with van der Waals surface area (Å²) in [6, 6.07) is 7.43. The van der Waals surface area contributed by atoms with Crippen molar-refractivity contribution in [1.29, 1.82) is 0 Å². The number of thioether (sulfide) groups is 1. The van der Waals surface area contributed by atoms with E-state index in [1.54, 1.807) is 7.11 Å². The largest absolute Gasteiger partial charge is 0.497 e. The molecular weight excluding hydrogens is 378 g/mol.